The molecular weight excluding hydrogens is 1330 g/mol. The van der Waals surface area contributed by atoms with E-state index in [2.05, 4.69) is 252 Å². The molecule has 5 nitrogen and oxygen atoms in total. The van der Waals surface area contributed by atoms with Crippen molar-refractivity contribution in [1.82, 2.24) is 15.0 Å². The third kappa shape index (κ3) is 13.4. The Kier molecular flexibility index (Phi) is 21.1. The maximum Gasteiger partial charge on any atom is 0.496 e. The van der Waals surface area contributed by atoms with E-state index in [0.717, 1.165) is 16.6 Å². The lowest BCUT2D eigenvalue weighted by Crippen LogP contribution is -2.57. The highest BCUT2D eigenvalue weighted by Crippen LogP contribution is 2.37. The quantitative estimate of drug-likeness (QED) is 0.135. The summed E-state index contributed by atoms with van der Waals surface area (Å²) in [5, 5.41) is 0. The number of aromatic nitrogens is 3. The molecule has 448 valence electrons. The molecule has 9 aromatic rings. The van der Waals surface area contributed by atoms with Gasteiger partial charge in [-0.1, -0.05) is 184 Å². The fraction of sp³-hybridized carbons (Fsp3) is 0.320. The molecule has 10 rings (SSSR count). The molecule has 0 radical (unpaired) electrons. The van der Waals surface area contributed by atoms with Gasteiger partial charge in [-0.3, -0.25) is 15.0 Å². The Bertz CT molecular complexity index is 3830. The number of hydrogen-bond donors (Lipinski definition) is 0. The molecule has 0 amide bonds. The SMILES string of the molecule is CC1(C)OB(c2cccnc2)OC1(C)C.Cc1cc(C)c(B(c2c(C)cc(C)c(-c3cccnc3)c2C)c2c(C)cc(C)c(-c3cccnc3)c2C)c(C)c1Br.Cc1cc(C)c(B(c2c(C)cc(C)c(Br)c2C)c2c(C)cc(C)c(Br)c2C)c(C)c1Br. The molecule has 4 heterocycles. The maximum absolute atomic E-state index is 5.89. The number of aryl methyl sites for hydroxylation is 12. The van der Waals surface area contributed by atoms with Crippen molar-refractivity contribution in [1.29, 1.82) is 0 Å². The van der Waals surface area contributed by atoms with Crippen LogP contribution in [0.1, 0.15) is 128 Å². The highest BCUT2D eigenvalue weighted by atomic mass is 79.9. The second kappa shape index (κ2) is 27.1. The zero-order valence-electron chi connectivity index (χ0n) is 55.3. The highest BCUT2D eigenvalue weighted by Gasteiger charge is 2.52. The highest BCUT2D eigenvalue weighted by molar-refractivity contribution is 9.11. The topological polar surface area (TPSA) is 57.1 Å². The van der Waals surface area contributed by atoms with Gasteiger partial charge in [-0.15, -0.1) is 0 Å². The van der Waals surface area contributed by atoms with Gasteiger partial charge in [-0.2, -0.15) is 0 Å². The summed E-state index contributed by atoms with van der Waals surface area (Å²) < 4.78 is 16.6. The molecule has 0 aliphatic carbocycles. The van der Waals surface area contributed by atoms with Crippen LogP contribution >= 0.6 is 63.7 Å². The molecule has 1 fully saturated rings. The second-order valence-electron chi connectivity index (χ2n) is 25.5. The van der Waals surface area contributed by atoms with E-state index in [1.165, 1.54) is 162 Å². The van der Waals surface area contributed by atoms with Crippen LogP contribution in [0.2, 0.25) is 0 Å². The van der Waals surface area contributed by atoms with Crippen LogP contribution in [0.25, 0.3) is 22.3 Å². The minimum absolute atomic E-state index is 0.0546. The van der Waals surface area contributed by atoms with Crippen molar-refractivity contribution in [2.75, 3.05) is 0 Å². The van der Waals surface area contributed by atoms with Gasteiger partial charge in [0.05, 0.1) is 11.2 Å². The lowest BCUT2D eigenvalue weighted by Gasteiger charge is -2.32. The molecule has 0 saturated carbocycles. The molecule has 0 N–H and O–H groups in total. The molecular formula is C75H84B3Br4N3O2. The first-order valence-corrected chi connectivity index (χ1v) is 33.3. The van der Waals surface area contributed by atoms with Crippen molar-refractivity contribution in [3.05, 3.63) is 228 Å². The van der Waals surface area contributed by atoms with E-state index in [1.807, 2.05) is 76.7 Å². The van der Waals surface area contributed by atoms with E-state index < -0.39 is 0 Å². The van der Waals surface area contributed by atoms with Gasteiger partial charge in [0.15, 0.2) is 0 Å². The number of hydrogen-bond acceptors (Lipinski definition) is 5. The Balaban J connectivity index is 0.000000187. The van der Waals surface area contributed by atoms with E-state index in [-0.39, 0.29) is 31.7 Å². The maximum atomic E-state index is 5.89. The summed E-state index contributed by atoms with van der Waals surface area (Å²) in [5.41, 5.74) is 37.2. The third-order valence-corrected chi connectivity index (χ3v) is 23.5. The van der Waals surface area contributed by atoms with Crippen LogP contribution < -0.4 is 38.2 Å². The Morgan fingerprint density at radius 1 is 0.333 bits per heavy atom. The molecule has 1 aliphatic rings. The fourth-order valence-corrected chi connectivity index (χ4v) is 15.4. The molecule has 1 aliphatic heterocycles. The van der Waals surface area contributed by atoms with Gasteiger partial charge in [0.2, 0.25) is 13.4 Å². The predicted octanol–water partition coefficient (Wildman–Crippen LogP) is 16.5. The molecule has 0 spiro atoms. The van der Waals surface area contributed by atoms with Crippen LogP contribution in [0.5, 0.6) is 0 Å². The van der Waals surface area contributed by atoms with E-state index in [1.54, 1.807) is 12.4 Å². The molecule has 87 heavy (non-hydrogen) atoms. The van der Waals surface area contributed by atoms with Gasteiger partial charge in [0.25, 0.3) is 0 Å². The molecule has 1 saturated heterocycles. The van der Waals surface area contributed by atoms with Crippen LogP contribution in [0, 0.1) is 125 Å². The molecule has 12 heteroatoms. The number of benzene rings is 6. The summed E-state index contributed by atoms with van der Waals surface area (Å²) in [5.74, 6) is 0. The lowest BCUT2D eigenvalue weighted by atomic mass is 9.32. The molecule has 0 atom stereocenters. The first-order valence-electron chi connectivity index (χ1n) is 30.2. The van der Waals surface area contributed by atoms with Crippen LogP contribution in [0.3, 0.4) is 0 Å². The van der Waals surface area contributed by atoms with Crippen LogP contribution in [0.15, 0.2) is 128 Å². The predicted molar refractivity (Wildman–Crippen MR) is 390 cm³/mol. The summed E-state index contributed by atoms with van der Waals surface area (Å²) in [6, 6.07) is 26.3. The van der Waals surface area contributed by atoms with Crippen molar-refractivity contribution in [3.63, 3.8) is 0 Å². The Labute approximate surface area is 556 Å². The van der Waals surface area contributed by atoms with Gasteiger partial charge in [-0.05, 0) is 248 Å². The first kappa shape index (κ1) is 67.7. The molecule has 0 bridgehead atoms. The smallest absolute Gasteiger partial charge is 0.399 e. The Morgan fingerprint density at radius 3 is 0.839 bits per heavy atom. The van der Waals surface area contributed by atoms with Crippen LogP contribution in [-0.4, -0.2) is 46.7 Å². The van der Waals surface area contributed by atoms with Crippen molar-refractivity contribution in [2.45, 2.75) is 164 Å². The lowest BCUT2D eigenvalue weighted by molar-refractivity contribution is 0.00578. The standard InChI is InChI=1S/C37H38BBrN2.C27H30BBr3.C11H16BNO2/c1-21-16-23(3)34(27(7)32(21)30-12-10-14-40-19-30)38(36-25(5)18-26(6)37(39)29(36)9)35-24(4)17-22(2)33(28(35)8)31-13-11-15-41-20-31;1-13-10-16(4)25(29)19(7)22(13)28(23-14(2)11-17(5)26(30)20(23)8)24-15(3)12-18(6)27(31)21(24)9;1-10(2)11(3,4)15-12(14-10)9-6-5-7-13-8-9/h10-20H,1-9H3;10-12H,1-9H3;5-8H,1-4H3. The third-order valence-electron chi connectivity index (χ3n) is 18.7. The normalized spacial score (nSPS) is 13.2. The van der Waals surface area contributed by atoms with Crippen LogP contribution in [-0.2, 0) is 9.31 Å². The molecule has 0 unspecified atom stereocenters. The van der Waals surface area contributed by atoms with Crippen molar-refractivity contribution in [2.24, 2.45) is 0 Å². The van der Waals surface area contributed by atoms with Crippen molar-refractivity contribution >= 4 is 123 Å². The average Bonchev–Trinajstić information content (AvgIpc) is 2.95. The molecule has 6 aromatic carbocycles. The van der Waals surface area contributed by atoms with Crippen molar-refractivity contribution < 1.29 is 9.31 Å². The summed E-state index contributed by atoms with van der Waals surface area (Å²) >= 11 is 15.6. The van der Waals surface area contributed by atoms with Gasteiger partial charge in [-0.25, -0.2) is 0 Å². The first-order chi connectivity index (χ1) is 40.8. The number of nitrogens with zero attached hydrogens (tertiary/aromatic N) is 3. The fourth-order valence-electron chi connectivity index (χ4n) is 14.0. The van der Waals surface area contributed by atoms with E-state index in [4.69, 9.17) is 9.31 Å². The number of pyridine rings is 3. The molecule has 3 aromatic heterocycles. The van der Waals surface area contributed by atoms with E-state index in [9.17, 15) is 0 Å². The zero-order chi connectivity index (χ0) is 64.0. The summed E-state index contributed by atoms with van der Waals surface area (Å²) in [4.78, 5) is 13.0. The van der Waals surface area contributed by atoms with E-state index in [0.29, 0.717) is 0 Å². The van der Waals surface area contributed by atoms with E-state index >= 15 is 0 Å². The number of rotatable bonds is 9. The Hall–Kier alpha value is -5.20. The summed E-state index contributed by atoms with van der Waals surface area (Å²) in [7, 11) is -0.302. The van der Waals surface area contributed by atoms with Crippen molar-refractivity contribution in [3.8, 4) is 22.3 Å². The minimum Gasteiger partial charge on any atom is -0.399 e. The van der Waals surface area contributed by atoms with Gasteiger partial charge >= 0.3 is 7.12 Å². The summed E-state index contributed by atoms with van der Waals surface area (Å²) in [6.45, 7) is 48.9. The Morgan fingerprint density at radius 2 is 0.586 bits per heavy atom. The second-order valence-corrected chi connectivity index (χ2v) is 28.7. The van der Waals surface area contributed by atoms with Crippen LogP contribution in [0.4, 0.5) is 0 Å². The summed E-state index contributed by atoms with van der Waals surface area (Å²) in [6.07, 6.45) is 11.2. The zero-order valence-corrected chi connectivity index (χ0v) is 61.6. The monoisotopic (exact) mass is 1410 g/mol. The largest absolute Gasteiger partial charge is 0.496 e. The average molecular weight is 1410 g/mol. The van der Waals surface area contributed by atoms with Gasteiger partial charge in [0.1, 0.15) is 0 Å². The minimum atomic E-state index is -0.302. The van der Waals surface area contributed by atoms with Gasteiger partial charge < -0.3 is 9.31 Å². The van der Waals surface area contributed by atoms with Gasteiger partial charge in [0, 0.05) is 71.7 Å². The number of halogens is 4.